The van der Waals surface area contributed by atoms with Crippen molar-refractivity contribution in [1.29, 1.82) is 0 Å². The van der Waals surface area contributed by atoms with Crippen molar-refractivity contribution >= 4 is 45.0 Å². The minimum atomic E-state index is -3.92. The molecule has 32 heavy (non-hydrogen) atoms. The summed E-state index contributed by atoms with van der Waals surface area (Å²) in [5.74, 6) is 0.140. The first-order valence-corrected chi connectivity index (χ1v) is 12.3. The quantitative estimate of drug-likeness (QED) is 0.394. The third-order valence-electron chi connectivity index (χ3n) is 5.07. The molecule has 2 aromatic carbocycles. The number of nitrogens with zero attached hydrogens (tertiary/aromatic N) is 5. The normalized spacial score (nSPS) is 15.8. The van der Waals surface area contributed by atoms with E-state index in [9.17, 15) is 12.8 Å². The lowest BCUT2D eigenvalue weighted by molar-refractivity contribution is 0.585. The fourth-order valence-electron chi connectivity index (χ4n) is 3.54. The average molecular weight is 468 g/mol. The van der Waals surface area contributed by atoms with Crippen LogP contribution in [0, 0.1) is 5.82 Å². The zero-order valence-corrected chi connectivity index (χ0v) is 18.4. The summed E-state index contributed by atoms with van der Waals surface area (Å²) >= 11 is 1.53. The molecular weight excluding hydrogens is 449 g/mol. The zero-order chi connectivity index (χ0) is 22.1. The van der Waals surface area contributed by atoms with Gasteiger partial charge >= 0.3 is 0 Å². The topological polar surface area (TPSA) is 79.9 Å². The monoisotopic (exact) mass is 467 g/mol. The van der Waals surface area contributed by atoms with E-state index in [0.29, 0.717) is 23.5 Å². The summed E-state index contributed by atoms with van der Waals surface area (Å²) in [5, 5.41) is 5.31. The molecule has 0 N–H and O–H groups in total. The van der Waals surface area contributed by atoms with Gasteiger partial charge in [-0.3, -0.25) is 9.30 Å². The standard InChI is InChI=1S/C22H18FN5O2S2/c23-16-5-7-18(8-6-16)32(29,30)28-17(15-25-19-3-1-2-4-20(19)28)11-14-31-22-10-9-21-24-12-13-27(21)26-22/h1-10,12-13,15,17H,11,14H2. The summed E-state index contributed by atoms with van der Waals surface area (Å²) in [6.45, 7) is 0. The summed E-state index contributed by atoms with van der Waals surface area (Å²) in [7, 11) is -3.92. The first-order chi connectivity index (χ1) is 15.5. The highest BCUT2D eigenvalue weighted by atomic mass is 32.2. The second-order valence-electron chi connectivity index (χ2n) is 7.13. The Morgan fingerprint density at radius 1 is 1.03 bits per heavy atom. The SMILES string of the molecule is O=S(=O)(c1ccc(F)cc1)N1c2ccccc2N=CC1CCSc1ccc2nccn2n1. The molecule has 10 heteroatoms. The summed E-state index contributed by atoms with van der Waals surface area (Å²) in [4.78, 5) is 8.70. The first-order valence-electron chi connectivity index (χ1n) is 9.89. The Balaban J connectivity index is 1.41. The lowest BCUT2D eigenvalue weighted by atomic mass is 10.1. The minimum Gasteiger partial charge on any atom is -0.257 e. The number of sulfonamides is 1. The lowest BCUT2D eigenvalue weighted by Crippen LogP contribution is -2.43. The third kappa shape index (κ3) is 3.87. The molecule has 0 amide bonds. The van der Waals surface area contributed by atoms with E-state index in [1.54, 1.807) is 41.3 Å². The molecule has 0 aliphatic carbocycles. The summed E-state index contributed by atoms with van der Waals surface area (Å²) in [6.07, 6.45) is 5.65. The molecule has 1 atom stereocenters. The molecule has 0 saturated carbocycles. The number of benzene rings is 2. The van der Waals surface area contributed by atoms with Crippen LogP contribution in [0.2, 0.25) is 0 Å². The number of hydrogen-bond acceptors (Lipinski definition) is 6. The van der Waals surface area contributed by atoms with Crippen molar-refractivity contribution in [2.75, 3.05) is 10.1 Å². The van der Waals surface area contributed by atoms with Crippen molar-refractivity contribution in [3.8, 4) is 0 Å². The number of halogens is 1. The van der Waals surface area contributed by atoms with Gasteiger partial charge in [0.05, 0.1) is 22.3 Å². The van der Waals surface area contributed by atoms with Crippen LogP contribution in [0.3, 0.4) is 0 Å². The smallest absolute Gasteiger partial charge is 0.257 e. The Bertz CT molecular complexity index is 1400. The second-order valence-corrected chi connectivity index (χ2v) is 10.1. The van der Waals surface area contributed by atoms with Crippen LogP contribution in [0.15, 0.2) is 88.0 Å². The van der Waals surface area contributed by atoms with Crippen LogP contribution in [0.4, 0.5) is 15.8 Å². The van der Waals surface area contributed by atoms with Gasteiger partial charge in [0.1, 0.15) is 10.8 Å². The van der Waals surface area contributed by atoms with Gasteiger partial charge in [0, 0.05) is 24.4 Å². The van der Waals surface area contributed by atoms with E-state index in [0.717, 1.165) is 22.8 Å². The molecular formula is C22H18FN5O2S2. The minimum absolute atomic E-state index is 0.0360. The van der Waals surface area contributed by atoms with Gasteiger partial charge in [-0.2, -0.15) is 5.10 Å². The molecule has 0 radical (unpaired) electrons. The molecule has 7 nitrogen and oxygen atoms in total. The first kappa shape index (κ1) is 20.7. The number of aromatic nitrogens is 3. The van der Waals surface area contributed by atoms with Crippen LogP contribution >= 0.6 is 11.8 Å². The van der Waals surface area contributed by atoms with Crippen molar-refractivity contribution in [3.05, 3.63) is 78.9 Å². The van der Waals surface area contributed by atoms with Crippen LogP contribution in [0.1, 0.15) is 6.42 Å². The summed E-state index contributed by atoms with van der Waals surface area (Å²) in [5.41, 5.74) is 1.85. The number of thioether (sulfide) groups is 1. The number of imidazole rings is 1. The molecule has 1 aliphatic heterocycles. The Kier molecular flexibility index (Phi) is 5.40. The van der Waals surface area contributed by atoms with E-state index in [1.165, 1.54) is 28.2 Å². The van der Waals surface area contributed by atoms with E-state index in [-0.39, 0.29) is 4.90 Å². The molecule has 4 aromatic rings. The zero-order valence-electron chi connectivity index (χ0n) is 16.7. The number of para-hydroxylation sites is 2. The van der Waals surface area contributed by atoms with E-state index in [1.807, 2.05) is 18.2 Å². The molecule has 1 unspecified atom stereocenters. The maximum atomic E-state index is 13.5. The molecule has 162 valence electrons. The molecule has 5 rings (SSSR count). The molecule has 3 heterocycles. The number of rotatable bonds is 6. The summed E-state index contributed by atoms with van der Waals surface area (Å²) < 4.78 is 43.5. The largest absolute Gasteiger partial charge is 0.264 e. The third-order valence-corrected chi connectivity index (χ3v) is 7.88. The van der Waals surface area contributed by atoms with E-state index < -0.39 is 21.9 Å². The van der Waals surface area contributed by atoms with Gasteiger partial charge in [0.15, 0.2) is 5.65 Å². The van der Waals surface area contributed by atoms with Crippen LogP contribution in [-0.4, -0.2) is 41.0 Å². The Hall–Kier alpha value is -3.24. The number of anilines is 1. The Morgan fingerprint density at radius 2 is 1.84 bits per heavy atom. The van der Waals surface area contributed by atoms with Gasteiger partial charge in [-0.1, -0.05) is 12.1 Å². The maximum Gasteiger partial charge on any atom is 0.264 e. The number of aliphatic imine (C=N–C) groups is 1. The summed E-state index contributed by atoms with van der Waals surface area (Å²) in [6, 6.07) is 15.3. The molecule has 2 aromatic heterocycles. The van der Waals surface area contributed by atoms with Gasteiger partial charge in [-0.25, -0.2) is 22.3 Å². The van der Waals surface area contributed by atoms with E-state index in [4.69, 9.17) is 0 Å². The lowest BCUT2D eigenvalue weighted by Gasteiger charge is -2.34. The van der Waals surface area contributed by atoms with E-state index >= 15 is 0 Å². The highest BCUT2D eigenvalue weighted by Gasteiger charge is 2.34. The fraction of sp³-hybridized carbons (Fsp3) is 0.136. The predicted octanol–water partition coefficient (Wildman–Crippen LogP) is 4.33. The van der Waals surface area contributed by atoms with Crippen molar-refractivity contribution in [2.24, 2.45) is 4.99 Å². The second kappa shape index (κ2) is 8.36. The number of hydrogen-bond donors (Lipinski definition) is 0. The van der Waals surface area contributed by atoms with Crippen molar-refractivity contribution in [2.45, 2.75) is 22.4 Å². The van der Waals surface area contributed by atoms with Crippen LogP contribution < -0.4 is 4.31 Å². The molecule has 0 bridgehead atoms. The van der Waals surface area contributed by atoms with Gasteiger partial charge in [-0.05, 0) is 55.0 Å². The maximum absolute atomic E-state index is 13.5. The van der Waals surface area contributed by atoms with Gasteiger partial charge in [0.2, 0.25) is 0 Å². The highest BCUT2D eigenvalue weighted by molar-refractivity contribution is 7.99. The average Bonchev–Trinajstić information content (AvgIpc) is 3.27. The van der Waals surface area contributed by atoms with Crippen molar-refractivity contribution in [1.82, 2.24) is 14.6 Å². The predicted molar refractivity (Wildman–Crippen MR) is 123 cm³/mol. The molecule has 1 aliphatic rings. The van der Waals surface area contributed by atoms with Gasteiger partial charge < -0.3 is 0 Å². The molecule has 0 saturated heterocycles. The molecule has 0 fully saturated rings. The molecule has 0 spiro atoms. The Morgan fingerprint density at radius 3 is 2.69 bits per heavy atom. The van der Waals surface area contributed by atoms with Crippen LogP contribution in [0.25, 0.3) is 5.65 Å². The van der Waals surface area contributed by atoms with E-state index in [2.05, 4.69) is 15.1 Å². The van der Waals surface area contributed by atoms with Gasteiger partial charge in [-0.15, -0.1) is 11.8 Å². The Labute approximate surface area is 188 Å². The van der Waals surface area contributed by atoms with Crippen molar-refractivity contribution in [3.63, 3.8) is 0 Å². The fourth-order valence-corrected chi connectivity index (χ4v) is 6.06. The highest BCUT2D eigenvalue weighted by Crippen LogP contribution is 2.38. The van der Waals surface area contributed by atoms with Crippen LogP contribution in [0.5, 0.6) is 0 Å². The van der Waals surface area contributed by atoms with Gasteiger partial charge in [0.25, 0.3) is 10.0 Å². The van der Waals surface area contributed by atoms with Crippen LogP contribution in [-0.2, 0) is 10.0 Å². The van der Waals surface area contributed by atoms with Crippen molar-refractivity contribution < 1.29 is 12.8 Å². The number of fused-ring (bicyclic) bond motifs is 2.